The molecular weight excluding hydrogens is 262 g/mol. The predicted molar refractivity (Wildman–Crippen MR) is 83.8 cm³/mol. The summed E-state index contributed by atoms with van der Waals surface area (Å²) in [5.74, 6) is 0.760. The minimum Gasteiger partial charge on any atom is -0.325 e. The van der Waals surface area contributed by atoms with Crippen LogP contribution in [0.5, 0.6) is 0 Å². The topological polar surface area (TPSA) is 56.1 Å². The van der Waals surface area contributed by atoms with E-state index in [-0.39, 0.29) is 5.91 Å². The SMILES string of the molecule is CC1CCN(CCC(=O)Nc2ccccc2C#N)C(C)C1. The smallest absolute Gasteiger partial charge is 0.225 e. The Balaban J connectivity index is 1.84. The van der Waals surface area contributed by atoms with Crippen molar-refractivity contribution in [3.63, 3.8) is 0 Å². The van der Waals surface area contributed by atoms with Gasteiger partial charge in [-0.05, 0) is 44.4 Å². The molecule has 0 aliphatic carbocycles. The van der Waals surface area contributed by atoms with E-state index in [1.807, 2.05) is 6.07 Å². The molecule has 0 radical (unpaired) electrons. The zero-order valence-electron chi connectivity index (χ0n) is 12.8. The first kappa shape index (κ1) is 15.5. The van der Waals surface area contributed by atoms with Gasteiger partial charge in [-0.1, -0.05) is 19.1 Å². The highest BCUT2D eigenvalue weighted by Crippen LogP contribution is 2.22. The van der Waals surface area contributed by atoms with E-state index in [2.05, 4.69) is 30.1 Å². The van der Waals surface area contributed by atoms with Gasteiger partial charge in [-0.3, -0.25) is 4.79 Å². The lowest BCUT2D eigenvalue weighted by molar-refractivity contribution is -0.116. The van der Waals surface area contributed by atoms with Crippen LogP contribution < -0.4 is 5.32 Å². The van der Waals surface area contributed by atoms with Crippen LogP contribution in [0.3, 0.4) is 0 Å². The molecule has 1 saturated heterocycles. The average molecular weight is 285 g/mol. The predicted octanol–water partition coefficient (Wildman–Crippen LogP) is 3.01. The highest BCUT2D eigenvalue weighted by atomic mass is 16.1. The van der Waals surface area contributed by atoms with Crippen molar-refractivity contribution in [1.82, 2.24) is 4.90 Å². The molecule has 0 bridgehead atoms. The van der Waals surface area contributed by atoms with Gasteiger partial charge in [0, 0.05) is 19.0 Å². The number of nitriles is 1. The molecule has 2 unspecified atom stereocenters. The first-order valence-electron chi connectivity index (χ1n) is 7.63. The zero-order chi connectivity index (χ0) is 15.2. The molecule has 2 atom stereocenters. The van der Waals surface area contributed by atoms with Gasteiger partial charge >= 0.3 is 0 Å². The van der Waals surface area contributed by atoms with E-state index >= 15 is 0 Å². The molecule has 0 saturated carbocycles. The molecule has 4 heteroatoms. The molecule has 1 fully saturated rings. The lowest BCUT2D eigenvalue weighted by Crippen LogP contribution is -2.41. The Kier molecular flexibility index (Phi) is 5.35. The van der Waals surface area contributed by atoms with Gasteiger partial charge in [-0.15, -0.1) is 0 Å². The molecule has 21 heavy (non-hydrogen) atoms. The number of nitrogens with one attached hydrogen (secondary N) is 1. The summed E-state index contributed by atoms with van der Waals surface area (Å²) in [5.41, 5.74) is 1.11. The van der Waals surface area contributed by atoms with Crippen molar-refractivity contribution in [2.45, 2.75) is 39.2 Å². The number of para-hydroxylation sites is 1. The summed E-state index contributed by atoms with van der Waals surface area (Å²) in [6.45, 7) is 6.39. The number of hydrogen-bond acceptors (Lipinski definition) is 3. The number of carbonyl (C=O) groups is 1. The Labute approximate surface area is 126 Å². The molecule has 0 spiro atoms. The number of benzene rings is 1. The third kappa shape index (κ3) is 4.30. The molecule has 1 aliphatic rings. The average Bonchev–Trinajstić information content (AvgIpc) is 2.47. The van der Waals surface area contributed by atoms with Crippen molar-refractivity contribution in [2.75, 3.05) is 18.4 Å². The number of piperidine rings is 1. The van der Waals surface area contributed by atoms with Crippen LogP contribution in [0.4, 0.5) is 5.69 Å². The standard InChI is InChI=1S/C17H23N3O/c1-13-7-9-20(14(2)11-13)10-8-17(21)19-16-6-4-3-5-15(16)12-18/h3-6,13-14H,7-11H2,1-2H3,(H,19,21). The second-order valence-corrected chi connectivity index (χ2v) is 5.97. The second-order valence-electron chi connectivity index (χ2n) is 5.97. The van der Waals surface area contributed by atoms with Gasteiger partial charge in [-0.25, -0.2) is 0 Å². The van der Waals surface area contributed by atoms with Gasteiger partial charge in [0.2, 0.25) is 5.91 Å². The molecule has 1 N–H and O–H groups in total. The Bertz CT molecular complexity index is 535. The lowest BCUT2D eigenvalue weighted by Gasteiger charge is -2.36. The zero-order valence-corrected chi connectivity index (χ0v) is 12.8. The monoisotopic (exact) mass is 285 g/mol. The second kappa shape index (κ2) is 7.24. The van der Waals surface area contributed by atoms with E-state index in [1.165, 1.54) is 12.8 Å². The van der Waals surface area contributed by atoms with Crippen LogP contribution in [0.25, 0.3) is 0 Å². The van der Waals surface area contributed by atoms with Gasteiger partial charge in [0.05, 0.1) is 11.3 Å². The molecule has 1 heterocycles. The van der Waals surface area contributed by atoms with Gasteiger partial charge in [0.25, 0.3) is 0 Å². The molecule has 2 rings (SSSR count). The number of hydrogen-bond donors (Lipinski definition) is 1. The lowest BCUT2D eigenvalue weighted by atomic mass is 9.93. The molecule has 1 aromatic rings. The first-order chi connectivity index (χ1) is 10.1. The van der Waals surface area contributed by atoms with Gasteiger partial charge in [0.15, 0.2) is 0 Å². The van der Waals surface area contributed by atoms with Crippen molar-refractivity contribution < 1.29 is 4.79 Å². The summed E-state index contributed by atoms with van der Waals surface area (Å²) in [5, 5.41) is 11.9. The molecule has 112 valence electrons. The minimum atomic E-state index is -0.0245. The van der Waals surface area contributed by atoms with Crippen molar-refractivity contribution >= 4 is 11.6 Å². The van der Waals surface area contributed by atoms with Gasteiger partial charge in [-0.2, -0.15) is 5.26 Å². The summed E-state index contributed by atoms with van der Waals surface area (Å²) in [6.07, 6.45) is 2.89. The van der Waals surface area contributed by atoms with Gasteiger partial charge < -0.3 is 10.2 Å². The highest BCUT2D eigenvalue weighted by molar-refractivity contribution is 5.92. The van der Waals surface area contributed by atoms with E-state index in [0.29, 0.717) is 23.7 Å². The van der Waals surface area contributed by atoms with E-state index in [9.17, 15) is 4.79 Å². The van der Waals surface area contributed by atoms with E-state index in [0.717, 1.165) is 19.0 Å². The number of likely N-dealkylation sites (tertiary alicyclic amines) is 1. The molecule has 4 nitrogen and oxygen atoms in total. The quantitative estimate of drug-likeness (QED) is 0.925. The summed E-state index contributed by atoms with van der Waals surface area (Å²) >= 11 is 0. The van der Waals surface area contributed by atoms with Crippen LogP contribution in [0.1, 0.15) is 38.7 Å². The number of anilines is 1. The van der Waals surface area contributed by atoms with Crippen molar-refractivity contribution in [2.24, 2.45) is 5.92 Å². The maximum atomic E-state index is 12.0. The Hall–Kier alpha value is -1.86. The number of nitrogens with zero attached hydrogens (tertiary/aromatic N) is 2. The molecule has 0 aromatic heterocycles. The largest absolute Gasteiger partial charge is 0.325 e. The Morgan fingerprint density at radius 1 is 1.43 bits per heavy atom. The van der Waals surface area contributed by atoms with Crippen LogP contribution in [-0.4, -0.2) is 29.9 Å². The molecular formula is C17H23N3O. The fourth-order valence-corrected chi connectivity index (χ4v) is 2.94. The van der Waals surface area contributed by atoms with Crippen LogP contribution in [0, 0.1) is 17.2 Å². The summed E-state index contributed by atoms with van der Waals surface area (Å²) in [6, 6.07) is 9.74. The van der Waals surface area contributed by atoms with Crippen molar-refractivity contribution in [1.29, 1.82) is 5.26 Å². The number of carbonyl (C=O) groups excluding carboxylic acids is 1. The third-order valence-electron chi connectivity index (χ3n) is 4.22. The Morgan fingerprint density at radius 2 is 2.19 bits per heavy atom. The summed E-state index contributed by atoms with van der Waals surface area (Å²) < 4.78 is 0. The maximum absolute atomic E-state index is 12.0. The number of rotatable bonds is 4. The fraction of sp³-hybridized carbons (Fsp3) is 0.529. The van der Waals surface area contributed by atoms with Crippen LogP contribution in [-0.2, 0) is 4.79 Å². The van der Waals surface area contributed by atoms with Crippen LogP contribution >= 0.6 is 0 Å². The molecule has 1 aliphatic heterocycles. The van der Waals surface area contributed by atoms with E-state index in [1.54, 1.807) is 18.2 Å². The highest BCUT2D eigenvalue weighted by Gasteiger charge is 2.22. The van der Waals surface area contributed by atoms with Crippen LogP contribution in [0.15, 0.2) is 24.3 Å². The maximum Gasteiger partial charge on any atom is 0.225 e. The third-order valence-corrected chi connectivity index (χ3v) is 4.22. The molecule has 1 aromatic carbocycles. The van der Waals surface area contributed by atoms with Gasteiger partial charge in [0.1, 0.15) is 6.07 Å². The number of amides is 1. The van der Waals surface area contributed by atoms with Crippen molar-refractivity contribution in [3.05, 3.63) is 29.8 Å². The minimum absolute atomic E-state index is 0.0245. The summed E-state index contributed by atoms with van der Waals surface area (Å²) in [7, 11) is 0. The van der Waals surface area contributed by atoms with Crippen molar-refractivity contribution in [3.8, 4) is 6.07 Å². The molecule has 1 amide bonds. The fourth-order valence-electron chi connectivity index (χ4n) is 2.94. The Morgan fingerprint density at radius 3 is 2.90 bits per heavy atom. The normalized spacial score (nSPS) is 22.5. The van der Waals surface area contributed by atoms with E-state index < -0.39 is 0 Å². The summed E-state index contributed by atoms with van der Waals surface area (Å²) in [4.78, 5) is 14.4. The van der Waals surface area contributed by atoms with Crippen LogP contribution in [0.2, 0.25) is 0 Å². The first-order valence-corrected chi connectivity index (χ1v) is 7.63. The van der Waals surface area contributed by atoms with E-state index in [4.69, 9.17) is 5.26 Å².